The summed E-state index contributed by atoms with van der Waals surface area (Å²) in [5.41, 5.74) is 0.614. The van der Waals surface area contributed by atoms with Crippen LogP contribution in [0.4, 0.5) is 5.69 Å². The predicted molar refractivity (Wildman–Crippen MR) is 49.6 cm³/mol. The van der Waals surface area contributed by atoms with E-state index in [1.807, 2.05) is 0 Å². The fourth-order valence-corrected chi connectivity index (χ4v) is 1.49. The summed E-state index contributed by atoms with van der Waals surface area (Å²) < 4.78 is 0. The molecule has 1 aliphatic carbocycles. The van der Waals surface area contributed by atoms with Crippen LogP contribution in [0.2, 0.25) is 0 Å². The number of hydrogen-bond acceptors (Lipinski definition) is 3. The van der Waals surface area contributed by atoms with Gasteiger partial charge in [-0.2, -0.15) is 5.26 Å². The molecule has 1 fully saturated rings. The second-order valence-corrected chi connectivity index (χ2v) is 3.50. The number of nitrogens with zero attached hydrogens (tertiary/aromatic N) is 2. The lowest BCUT2D eigenvalue weighted by Crippen LogP contribution is -2.02. The fourth-order valence-electron chi connectivity index (χ4n) is 1.49. The molecule has 14 heavy (non-hydrogen) atoms. The molecule has 0 saturated heterocycles. The van der Waals surface area contributed by atoms with Crippen molar-refractivity contribution in [3.63, 3.8) is 0 Å². The summed E-state index contributed by atoms with van der Waals surface area (Å²) in [7, 11) is 0. The summed E-state index contributed by atoms with van der Waals surface area (Å²) in [6.07, 6.45) is 1.72. The molecular weight excluding hydrogens is 180 g/mol. The lowest BCUT2D eigenvalue weighted by atomic mass is 9.98. The van der Waals surface area contributed by atoms with Crippen LogP contribution < -0.4 is 0 Å². The van der Waals surface area contributed by atoms with Gasteiger partial charge in [0.1, 0.15) is 0 Å². The standard InChI is InChI=1S/C10H8N2O2/c11-7-10(5-6-10)8-1-3-9(4-2-8)12(13)14/h1-4H,5-6H2. The summed E-state index contributed by atoms with van der Waals surface area (Å²) in [6, 6.07) is 8.50. The molecule has 0 heterocycles. The first-order valence-electron chi connectivity index (χ1n) is 4.34. The molecule has 0 aliphatic heterocycles. The molecule has 0 atom stereocenters. The zero-order chi connectivity index (χ0) is 10.2. The maximum Gasteiger partial charge on any atom is 0.269 e. The number of nitriles is 1. The zero-order valence-electron chi connectivity index (χ0n) is 7.43. The van der Waals surface area contributed by atoms with E-state index in [1.165, 1.54) is 12.1 Å². The summed E-state index contributed by atoms with van der Waals surface area (Å²) in [4.78, 5) is 9.95. The van der Waals surface area contributed by atoms with Gasteiger partial charge in [0.25, 0.3) is 5.69 Å². The van der Waals surface area contributed by atoms with Crippen molar-refractivity contribution >= 4 is 5.69 Å². The smallest absolute Gasteiger partial charge is 0.258 e. The molecule has 0 bridgehead atoms. The normalized spacial score (nSPS) is 17.1. The maximum absolute atomic E-state index is 10.4. The Labute approximate surface area is 80.9 Å². The van der Waals surface area contributed by atoms with Gasteiger partial charge in [0.2, 0.25) is 0 Å². The number of nitro groups is 1. The van der Waals surface area contributed by atoms with Crippen molar-refractivity contribution in [2.75, 3.05) is 0 Å². The Balaban J connectivity index is 2.32. The van der Waals surface area contributed by atoms with Gasteiger partial charge in [-0.05, 0) is 18.4 Å². The number of benzene rings is 1. The maximum atomic E-state index is 10.4. The minimum Gasteiger partial charge on any atom is -0.258 e. The predicted octanol–water partition coefficient (Wildman–Crippen LogP) is 2.15. The summed E-state index contributed by atoms with van der Waals surface area (Å²) in [5.74, 6) is 0. The number of nitro benzene ring substituents is 1. The SMILES string of the molecule is N#CC1(c2ccc([N+](=O)[O-])cc2)CC1. The van der Waals surface area contributed by atoms with Crippen LogP contribution >= 0.6 is 0 Å². The van der Waals surface area contributed by atoms with Crippen molar-refractivity contribution in [2.24, 2.45) is 0 Å². The van der Waals surface area contributed by atoms with Crippen molar-refractivity contribution < 1.29 is 4.92 Å². The van der Waals surface area contributed by atoms with Gasteiger partial charge in [-0.15, -0.1) is 0 Å². The third kappa shape index (κ3) is 1.23. The van der Waals surface area contributed by atoms with Crippen LogP contribution in [0, 0.1) is 21.4 Å². The van der Waals surface area contributed by atoms with Gasteiger partial charge in [-0.3, -0.25) is 10.1 Å². The third-order valence-corrected chi connectivity index (χ3v) is 2.59. The highest BCUT2D eigenvalue weighted by Crippen LogP contribution is 2.47. The Hall–Kier alpha value is -1.89. The Kier molecular flexibility index (Phi) is 1.74. The minimum absolute atomic E-state index is 0.0717. The highest BCUT2D eigenvalue weighted by atomic mass is 16.6. The summed E-state index contributed by atoms with van der Waals surface area (Å²) in [6.45, 7) is 0. The second kappa shape index (κ2) is 2.81. The first kappa shape index (κ1) is 8.70. The van der Waals surface area contributed by atoms with Crippen molar-refractivity contribution in [3.8, 4) is 6.07 Å². The largest absolute Gasteiger partial charge is 0.269 e. The van der Waals surface area contributed by atoms with E-state index in [0.29, 0.717) is 0 Å². The number of hydrogen-bond donors (Lipinski definition) is 0. The molecule has 0 unspecified atom stereocenters. The van der Waals surface area contributed by atoms with Gasteiger partial charge in [0.15, 0.2) is 0 Å². The van der Waals surface area contributed by atoms with E-state index in [9.17, 15) is 10.1 Å². The summed E-state index contributed by atoms with van der Waals surface area (Å²) >= 11 is 0. The van der Waals surface area contributed by atoms with Crippen LogP contribution in [0.1, 0.15) is 18.4 Å². The van der Waals surface area contributed by atoms with Gasteiger partial charge >= 0.3 is 0 Å². The molecule has 1 aliphatic rings. The van der Waals surface area contributed by atoms with E-state index in [2.05, 4.69) is 6.07 Å². The zero-order valence-corrected chi connectivity index (χ0v) is 7.43. The van der Waals surface area contributed by atoms with E-state index in [-0.39, 0.29) is 11.1 Å². The van der Waals surface area contributed by atoms with Gasteiger partial charge in [-0.1, -0.05) is 12.1 Å². The van der Waals surface area contributed by atoms with Crippen LogP contribution in [0.3, 0.4) is 0 Å². The Morgan fingerprint density at radius 1 is 1.36 bits per heavy atom. The van der Waals surface area contributed by atoms with Gasteiger partial charge in [0.05, 0.1) is 16.4 Å². The van der Waals surface area contributed by atoms with E-state index in [1.54, 1.807) is 12.1 Å². The van der Waals surface area contributed by atoms with Gasteiger partial charge in [-0.25, -0.2) is 0 Å². The van der Waals surface area contributed by atoms with Crippen LogP contribution in [-0.4, -0.2) is 4.92 Å². The van der Waals surface area contributed by atoms with Crippen molar-refractivity contribution in [2.45, 2.75) is 18.3 Å². The molecule has 4 nitrogen and oxygen atoms in total. The average Bonchev–Trinajstić information content (AvgIpc) is 2.99. The van der Waals surface area contributed by atoms with E-state index in [0.717, 1.165) is 18.4 Å². The molecule has 1 aromatic rings. The molecule has 0 aromatic heterocycles. The number of non-ortho nitro benzene ring substituents is 1. The summed E-state index contributed by atoms with van der Waals surface area (Å²) in [5, 5.41) is 19.3. The molecule has 0 N–H and O–H groups in total. The van der Waals surface area contributed by atoms with Crippen LogP contribution in [0.25, 0.3) is 0 Å². The molecule has 1 saturated carbocycles. The topological polar surface area (TPSA) is 66.9 Å². The highest BCUT2D eigenvalue weighted by molar-refractivity contribution is 5.43. The molecular formula is C10H8N2O2. The molecule has 70 valence electrons. The Morgan fingerprint density at radius 3 is 2.29 bits per heavy atom. The van der Waals surface area contributed by atoms with Crippen LogP contribution in [-0.2, 0) is 5.41 Å². The first-order chi connectivity index (χ1) is 6.68. The van der Waals surface area contributed by atoms with Gasteiger partial charge in [0, 0.05) is 12.1 Å². The lowest BCUT2D eigenvalue weighted by molar-refractivity contribution is -0.384. The molecule has 1 aromatic carbocycles. The minimum atomic E-state index is -0.435. The first-order valence-corrected chi connectivity index (χ1v) is 4.34. The van der Waals surface area contributed by atoms with Gasteiger partial charge < -0.3 is 0 Å². The Morgan fingerprint density at radius 2 is 1.93 bits per heavy atom. The average molecular weight is 188 g/mol. The van der Waals surface area contributed by atoms with Crippen molar-refractivity contribution in [1.29, 1.82) is 5.26 Å². The van der Waals surface area contributed by atoms with Crippen molar-refractivity contribution in [1.82, 2.24) is 0 Å². The van der Waals surface area contributed by atoms with Crippen LogP contribution in [0.15, 0.2) is 24.3 Å². The molecule has 0 spiro atoms. The molecule has 0 radical (unpaired) electrons. The van der Waals surface area contributed by atoms with Crippen LogP contribution in [0.5, 0.6) is 0 Å². The Bertz CT molecular complexity index is 413. The molecule has 4 heteroatoms. The second-order valence-electron chi connectivity index (χ2n) is 3.50. The van der Waals surface area contributed by atoms with E-state index in [4.69, 9.17) is 5.26 Å². The van der Waals surface area contributed by atoms with Crippen molar-refractivity contribution in [3.05, 3.63) is 39.9 Å². The third-order valence-electron chi connectivity index (χ3n) is 2.59. The molecule has 0 amide bonds. The highest BCUT2D eigenvalue weighted by Gasteiger charge is 2.44. The quantitative estimate of drug-likeness (QED) is 0.527. The lowest BCUT2D eigenvalue weighted by Gasteiger charge is -2.04. The molecule has 2 rings (SSSR count). The van der Waals surface area contributed by atoms with E-state index >= 15 is 0 Å². The monoisotopic (exact) mass is 188 g/mol. The fraction of sp³-hybridized carbons (Fsp3) is 0.300. The number of rotatable bonds is 2. The van der Waals surface area contributed by atoms with E-state index < -0.39 is 4.92 Å².